The zero-order valence-electron chi connectivity index (χ0n) is 12.9. The van der Waals surface area contributed by atoms with Gasteiger partial charge in [-0.05, 0) is 38.1 Å². The smallest absolute Gasteiger partial charge is 0.187 e. The summed E-state index contributed by atoms with van der Waals surface area (Å²) in [6.07, 6.45) is 0. The molecule has 112 valence electrons. The third-order valence-corrected chi connectivity index (χ3v) is 4.35. The largest absolute Gasteiger partial charge is 0.497 e. The number of ether oxygens (including phenoxy) is 1. The second-order valence-corrected chi connectivity index (χ2v) is 6.35. The molecule has 0 bridgehead atoms. The van der Waals surface area contributed by atoms with Crippen molar-refractivity contribution in [1.29, 1.82) is 0 Å². The summed E-state index contributed by atoms with van der Waals surface area (Å²) in [6, 6.07) is 16.3. The summed E-state index contributed by atoms with van der Waals surface area (Å²) in [6.45, 7) is 4.19. The quantitative estimate of drug-likeness (QED) is 0.721. The van der Waals surface area contributed by atoms with Crippen molar-refractivity contribution in [2.24, 2.45) is 0 Å². The molecule has 0 fully saturated rings. The van der Waals surface area contributed by atoms with Crippen LogP contribution in [0.25, 0.3) is 11.3 Å². The van der Waals surface area contributed by atoms with Crippen LogP contribution in [-0.2, 0) is 0 Å². The van der Waals surface area contributed by atoms with Gasteiger partial charge in [0.15, 0.2) is 5.13 Å². The molecule has 0 atom stereocenters. The zero-order valence-corrected chi connectivity index (χ0v) is 13.7. The number of thiazole rings is 1. The normalized spacial score (nSPS) is 10.5. The number of benzene rings is 2. The average molecular weight is 310 g/mol. The lowest BCUT2D eigenvalue weighted by molar-refractivity contribution is 0.415. The molecule has 3 aromatic rings. The molecule has 1 heterocycles. The standard InChI is InChI=1S/C18H18N2OS/c1-12-4-6-14(7-5-12)17-13(2)22-18(20-17)19-15-8-10-16(21-3)11-9-15/h4-11H,1-3H3,(H,19,20). The van der Waals surface area contributed by atoms with Gasteiger partial charge in [0.05, 0.1) is 12.8 Å². The molecule has 0 aliphatic heterocycles. The van der Waals surface area contributed by atoms with Crippen molar-refractivity contribution in [2.75, 3.05) is 12.4 Å². The maximum atomic E-state index is 5.17. The highest BCUT2D eigenvalue weighted by Crippen LogP contribution is 2.32. The highest BCUT2D eigenvalue weighted by Gasteiger charge is 2.10. The van der Waals surface area contributed by atoms with Crippen LogP contribution in [0.5, 0.6) is 5.75 Å². The van der Waals surface area contributed by atoms with Crippen LogP contribution in [0.3, 0.4) is 0 Å². The molecule has 0 saturated heterocycles. The summed E-state index contributed by atoms with van der Waals surface area (Å²) in [7, 11) is 1.67. The Morgan fingerprint density at radius 1 is 0.955 bits per heavy atom. The Kier molecular flexibility index (Phi) is 4.11. The minimum absolute atomic E-state index is 0.848. The Morgan fingerprint density at radius 2 is 1.64 bits per heavy atom. The van der Waals surface area contributed by atoms with Gasteiger partial charge in [0.25, 0.3) is 0 Å². The molecule has 0 spiro atoms. The fourth-order valence-corrected chi connectivity index (χ4v) is 3.08. The number of rotatable bonds is 4. The molecule has 1 N–H and O–H groups in total. The monoisotopic (exact) mass is 310 g/mol. The highest BCUT2D eigenvalue weighted by atomic mass is 32.1. The van der Waals surface area contributed by atoms with Gasteiger partial charge < -0.3 is 10.1 Å². The van der Waals surface area contributed by atoms with Gasteiger partial charge >= 0.3 is 0 Å². The van der Waals surface area contributed by atoms with Crippen LogP contribution in [0.4, 0.5) is 10.8 Å². The molecule has 1 aromatic heterocycles. The van der Waals surface area contributed by atoms with Crippen LogP contribution < -0.4 is 10.1 Å². The molecule has 4 heteroatoms. The van der Waals surface area contributed by atoms with Gasteiger partial charge in [-0.15, -0.1) is 11.3 Å². The van der Waals surface area contributed by atoms with E-state index in [0.717, 1.165) is 27.8 Å². The van der Waals surface area contributed by atoms with Crippen molar-refractivity contribution >= 4 is 22.2 Å². The first kappa shape index (κ1) is 14.6. The first-order chi connectivity index (χ1) is 10.7. The van der Waals surface area contributed by atoms with Gasteiger partial charge in [-0.1, -0.05) is 29.8 Å². The maximum Gasteiger partial charge on any atom is 0.187 e. The van der Waals surface area contributed by atoms with Crippen molar-refractivity contribution < 1.29 is 4.74 Å². The Morgan fingerprint density at radius 3 is 2.27 bits per heavy atom. The highest BCUT2D eigenvalue weighted by molar-refractivity contribution is 7.16. The fraction of sp³-hybridized carbons (Fsp3) is 0.167. The number of aryl methyl sites for hydroxylation is 2. The van der Waals surface area contributed by atoms with E-state index in [-0.39, 0.29) is 0 Å². The van der Waals surface area contributed by atoms with Crippen LogP contribution in [0.2, 0.25) is 0 Å². The topological polar surface area (TPSA) is 34.1 Å². The molecule has 0 aliphatic rings. The molecule has 2 aromatic carbocycles. The predicted octanol–water partition coefficient (Wildman–Crippen LogP) is 5.18. The van der Waals surface area contributed by atoms with Crippen LogP contribution in [0.15, 0.2) is 48.5 Å². The molecule has 22 heavy (non-hydrogen) atoms. The number of hydrogen-bond acceptors (Lipinski definition) is 4. The Hall–Kier alpha value is -2.33. The van der Waals surface area contributed by atoms with Crippen LogP contribution in [0, 0.1) is 13.8 Å². The lowest BCUT2D eigenvalue weighted by atomic mass is 10.1. The predicted molar refractivity (Wildman–Crippen MR) is 93.3 cm³/mol. The molecular formula is C18H18N2OS. The van der Waals surface area contributed by atoms with Gasteiger partial charge in [0.1, 0.15) is 5.75 Å². The van der Waals surface area contributed by atoms with E-state index in [4.69, 9.17) is 9.72 Å². The van der Waals surface area contributed by atoms with Gasteiger partial charge in [0, 0.05) is 16.1 Å². The van der Waals surface area contributed by atoms with Crippen LogP contribution in [0.1, 0.15) is 10.4 Å². The molecule has 0 saturated carbocycles. The van der Waals surface area contributed by atoms with Crippen LogP contribution in [-0.4, -0.2) is 12.1 Å². The lowest BCUT2D eigenvalue weighted by Gasteiger charge is -2.04. The van der Waals surface area contributed by atoms with E-state index in [2.05, 4.69) is 43.4 Å². The first-order valence-corrected chi connectivity index (χ1v) is 7.93. The van der Waals surface area contributed by atoms with Crippen molar-refractivity contribution in [3.8, 4) is 17.0 Å². The van der Waals surface area contributed by atoms with Crippen molar-refractivity contribution in [2.45, 2.75) is 13.8 Å². The van der Waals surface area contributed by atoms with E-state index in [1.54, 1.807) is 18.4 Å². The third-order valence-electron chi connectivity index (χ3n) is 3.46. The van der Waals surface area contributed by atoms with Gasteiger partial charge in [-0.2, -0.15) is 0 Å². The van der Waals surface area contributed by atoms with Crippen molar-refractivity contribution in [3.63, 3.8) is 0 Å². The SMILES string of the molecule is COc1ccc(Nc2nc(-c3ccc(C)cc3)c(C)s2)cc1. The zero-order chi connectivity index (χ0) is 15.5. The lowest BCUT2D eigenvalue weighted by Crippen LogP contribution is -1.90. The number of hydrogen-bond donors (Lipinski definition) is 1. The molecule has 0 amide bonds. The molecule has 0 radical (unpaired) electrons. The average Bonchev–Trinajstić information content (AvgIpc) is 2.89. The summed E-state index contributed by atoms with van der Waals surface area (Å²) in [5.74, 6) is 0.848. The summed E-state index contributed by atoms with van der Waals surface area (Å²) < 4.78 is 5.17. The first-order valence-electron chi connectivity index (χ1n) is 7.11. The minimum atomic E-state index is 0.848. The van der Waals surface area contributed by atoms with E-state index in [1.165, 1.54) is 10.4 Å². The summed E-state index contributed by atoms with van der Waals surface area (Å²) in [5, 5.41) is 4.25. The van der Waals surface area contributed by atoms with Crippen molar-refractivity contribution in [1.82, 2.24) is 4.98 Å². The molecule has 3 nitrogen and oxygen atoms in total. The fourth-order valence-electron chi connectivity index (χ4n) is 2.23. The summed E-state index contributed by atoms with van der Waals surface area (Å²) >= 11 is 1.66. The Labute approximate surface area is 134 Å². The van der Waals surface area contributed by atoms with E-state index in [1.807, 2.05) is 24.3 Å². The number of nitrogens with zero attached hydrogens (tertiary/aromatic N) is 1. The van der Waals surface area contributed by atoms with Crippen LogP contribution >= 0.6 is 11.3 Å². The molecule has 0 unspecified atom stereocenters. The van der Waals surface area contributed by atoms with E-state index in [0.29, 0.717) is 0 Å². The maximum absolute atomic E-state index is 5.17. The number of nitrogens with one attached hydrogen (secondary N) is 1. The Bertz CT molecular complexity index is 761. The molecular weight excluding hydrogens is 292 g/mol. The summed E-state index contributed by atoms with van der Waals surface area (Å²) in [5.41, 5.74) is 4.46. The summed E-state index contributed by atoms with van der Waals surface area (Å²) in [4.78, 5) is 5.93. The van der Waals surface area contributed by atoms with E-state index >= 15 is 0 Å². The van der Waals surface area contributed by atoms with Gasteiger partial charge in [0.2, 0.25) is 0 Å². The van der Waals surface area contributed by atoms with E-state index in [9.17, 15) is 0 Å². The second kappa shape index (κ2) is 6.20. The van der Waals surface area contributed by atoms with Gasteiger partial charge in [-0.25, -0.2) is 4.98 Å². The third kappa shape index (κ3) is 3.12. The second-order valence-electron chi connectivity index (χ2n) is 5.14. The number of aromatic nitrogens is 1. The number of methoxy groups -OCH3 is 1. The molecule has 0 aliphatic carbocycles. The van der Waals surface area contributed by atoms with E-state index < -0.39 is 0 Å². The number of anilines is 2. The minimum Gasteiger partial charge on any atom is -0.497 e. The van der Waals surface area contributed by atoms with Crippen molar-refractivity contribution in [3.05, 3.63) is 59.0 Å². The Balaban J connectivity index is 1.83. The molecule has 3 rings (SSSR count). The van der Waals surface area contributed by atoms with Gasteiger partial charge in [-0.3, -0.25) is 0 Å².